The van der Waals surface area contributed by atoms with Crippen LogP contribution in [0, 0.1) is 0 Å². The van der Waals surface area contributed by atoms with Crippen LogP contribution in [0.4, 0.5) is 0 Å². The topological polar surface area (TPSA) is 32.3 Å². The van der Waals surface area contributed by atoms with Gasteiger partial charge in [-0.15, -0.1) is 0 Å². The van der Waals surface area contributed by atoms with Gasteiger partial charge in [0.1, 0.15) is 0 Å². The Labute approximate surface area is 109 Å². The van der Waals surface area contributed by atoms with E-state index in [4.69, 9.17) is 5.11 Å². The van der Waals surface area contributed by atoms with Gasteiger partial charge in [0.05, 0.1) is 6.61 Å². The minimum Gasteiger partial charge on any atom is -0.395 e. The van der Waals surface area contributed by atoms with E-state index >= 15 is 0 Å². The third kappa shape index (κ3) is 3.31. The van der Waals surface area contributed by atoms with E-state index in [0.29, 0.717) is 6.54 Å². The number of aliphatic hydroxyl groups is 1. The number of hydrogen-bond acceptors (Lipinski definition) is 2. The number of hydrogen-bond donors (Lipinski definition) is 2. The lowest BCUT2D eigenvalue weighted by Crippen LogP contribution is -2.42. The van der Waals surface area contributed by atoms with E-state index in [2.05, 4.69) is 61.6 Å². The first-order valence-corrected chi connectivity index (χ1v) is 6.44. The summed E-state index contributed by atoms with van der Waals surface area (Å²) in [7, 11) is 0. The summed E-state index contributed by atoms with van der Waals surface area (Å²) in [4.78, 5) is 0. The highest BCUT2D eigenvalue weighted by Crippen LogP contribution is 2.19. The fourth-order valence-corrected chi connectivity index (χ4v) is 2.32. The smallest absolute Gasteiger partial charge is 0.0556 e. The van der Waals surface area contributed by atoms with E-state index in [-0.39, 0.29) is 12.1 Å². The summed E-state index contributed by atoms with van der Waals surface area (Å²) in [5.41, 5.74) is 1.33. The lowest BCUT2D eigenvalue weighted by atomic mass is 9.93. The molecule has 2 heteroatoms. The third-order valence-electron chi connectivity index (χ3n) is 3.18. The van der Waals surface area contributed by atoms with Gasteiger partial charge in [0.15, 0.2) is 0 Å². The van der Waals surface area contributed by atoms with Crippen molar-refractivity contribution in [1.29, 1.82) is 0 Å². The number of fused-ring (bicyclic) bond motifs is 1. The molecule has 18 heavy (non-hydrogen) atoms. The lowest BCUT2D eigenvalue weighted by molar-refractivity contribution is 0.265. The van der Waals surface area contributed by atoms with Crippen LogP contribution >= 0.6 is 0 Å². The van der Waals surface area contributed by atoms with E-state index in [1.165, 1.54) is 16.3 Å². The lowest BCUT2D eigenvalue weighted by Gasteiger charge is -2.26. The summed E-state index contributed by atoms with van der Waals surface area (Å²) >= 11 is 0. The molecule has 2 aromatic rings. The molecule has 0 atom stereocenters. The monoisotopic (exact) mass is 243 g/mol. The maximum atomic E-state index is 8.87. The molecule has 0 saturated carbocycles. The first-order valence-electron chi connectivity index (χ1n) is 6.44. The molecule has 2 nitrogen and oxygen atoms in total. The van der Waals surface area contributed by atoms with Gasteiger partial charge in [0.25, 0.3) is 0 Å². The molecule has 96 valence electrons. The summed E-state index contributed by atoms with van der Waals surface area (Å²) in [6.07, 6.45) is 0.956. The Kier molecular flexibility index (Phi) is 4.00. The first-order chi connectivity index (χ1) is 8.61. The maximum absolute atomic E-state index is 8.87. The number of benzene rings is 2. The average molecular weight is 243 g/mol. The minimum absolute atomic E-state index is 0.00515. The predicted molar refractivity (Wildman–Crippen MR) is 76.8 cm³/mol. The van der Waals surface area contributed by atoms with Gasteiger partial charge in [-0.05, 0) is 36.6 Å². The fraction of sp³-hybridized carbons (Fsp3) is 0.375. The Morgan fingerprint density at radius 2 is 1.78 bits per heavy atom. The summed E-state index contributed by atoms with van der Waals surface area (Å²) in [5.74, 6) is 0. The van der Waals surface area contributed by atoms with Gasteiger partial charge in [0, 0.05) is 12.1 Å². The third-order valence-corrected chi connectivity index (χ3v) is 3.18. The molecule has 2 rings (SSSR count). The largest absolute Gasteiger partial charge is 0.395 e. The van der Waals surface area contributed by atoms with E-state index in [0.717, 1.165) is 6.42 Å². The average Bonchev–Trinajstić information content (AvgIpc) is 2.36. The molecule has 0 amide bonds. The Morgan fingerprint density at radius 3 is 2.50 bits per heavy atom. The van der Waals surface area contributed by atoms with E-state index in [1.54, 1.807) is 0 Å². The van der Waals surface area contributed by atoms with Crippen molar-refractivity contribution in [2.75, 3.05) is 13.2 Å². The van der Waals surface area contributed by atoms with Crippen molar-refractivity contribution >= 4 is 10.8 Å². The first kappa shape index (κ1) is 13.1. The van der Waals surface area contributed by atoms with Crippen LogP contribution in [-0.2, 0) is 6.42 Å². The zero-order valence-corrected chi connectivity index (χ0v) is 11.1. The van der Waals surface area contributed by atoms with Gasteiger partial charge in [-0.1, -0.05) is 42.5 Å². The Balaban J connectivity index is 2.16. The molecule has 2 aromatic carbocycles. The molecule has 0 bridgehead atoms. The van der Waals surface area contributed by atoms with Crippen LogP contribution in [0.2, 0.25) is 0 Å². The Hall–Kier alpha value is -1.38. The molecule has 0 aliphatic heterocycles. The highest BCUT2D eigenvalue weighted by Gasteiger charge is 2.17. The van der Waals surface area contributed by atoms with Crippen molar-refractivity contribution in [3.8, 4) is 0 Å². The SMILES string of the molecule is CC(C)(Cc1ccc2ccccc2c1)NCCO. The normalized spacial score (nSPS) is 11.9. The Bertz CT molecular complexity index is 519. The van der Waals surface area contributed by atoms with Crippen molar-refractivity contribution in [2.45, 2.75) is 25.8 Å². The van der Waals surface area contributed by atoms with Crippen molar-refractivity contribution in [3.63, 3.8) is 0 Å². The number of rotatable bonds is 5. The van der Waals surface area contributed by atoms with Crippen LogP contribution in [0.15, 0.2) is 42.5 Å². The molecule has 0 saturated heterocycles. The number of nitrogens with one attached hydrogen (secondary N) is 1. The van der Waals surface area contributed by atoms with E-state index in [1.807, 2.05) is 0 Å². The van der Waals surface area contributed by atoms with Crippen molar-refractivity contribution in [3.05, 3.63) is 48.0 Å². The molecule has 0 aliphatic carbocycles. The number of aliphatic hydroxyl groups excluding tert-OH is 1. The highest BCUT2D eigenvalue weighted by atomic mass is 16.3. The van der Waals surface area contributed by atoms with Crippen molar-refractivity contribution in [2.24, 2.45) is 0 Å². The van der Waals surface area contributed by atoms with Gasteiger partial charge in [-0.2, -0.15) is 0 Å². The summed E-state index contributed by atoms with van der Waals surface area (Å²) in [6.45, 7) is 5.15. The zero-order chi connectivity index (χ0) is 13.0. The van der Waals surface area contributed by atoms with Gasteiger partial charge in [0.2, 0.25) is 0 Å². The highest BCUT2D eigenvalue weighted by molar-refractivity contribution is 5.83. The molecule has 0 fully saturated rings. The minimum atomic E-state index is 0.00515. The van der Waals surface area contributed by atoms with Gasteiger partial charge >= 0.3 is 0 Å². The molecule has 0 aromatic heterocycles. The van der Waals surface area contributed by atoms with Gasteiger partial charge < -0.3 is 10.4 Å². The Morgan fingerprint density at radius 1 is 1.06 bits per heavy atom. The molecule has 2 N–H and O–H groups in total. The second-order valence-corrected chi connectivity index (χ2v) is 5.39. The molecule has 0 radical (unpaired) electrons. The van der Waals surface area contributed by atoms with E-state index < -0.39 is 0 Å². The van der Waals surface area contributed by atoms with Crippen LogP contribution in [0.25, 0.3) is 10.8 Å². The second-order valence-electron chi connectivity index (χ2n) is 5.39. The second kappa shape index (κ2) is 5.51. The molecule has 0 unspecified atom stereocenters. The van der Waals surface area contributed by atoms with Gasteiger partial charge in [-0.3, -0.25) is 0 Å². The summed E-state index contributed by atoms with van der Waals surface area (Å²) in [5, 5.41) is 14.8. The van der Waals surface area contributed by atoms with Gasteiger partial charge in [-0.25, -0.2) is 0 Å². The molecular formula is C16H21NO. The van der Waals surface area contributed by atoms with Crippen molar-refractivity contribution < 1.29 is 5.11 Å². The van der Waals surface area contributed by atoms with Crippen LogP contribution in [0.3, 0.4) is 0 Å². The number of β-amino-alcohol motifs (C(OH)–C–C–N with tert-alkyl or cyclic N) is 1. The standard InChI is InChI=1S/C16H21NO/c1-16(2,17-9-10-18)12-13-7-8-14-5-3-4-6-15(14)11-13/h3-8,11,17-18H,9-10,12H2,1-2H3. The fourth-order valence-electron chi connectivity index (χ4n) is 2.32. The predicted octanol–water partition coefficient (Wildman–Crippen LogP) is 2.74. The molecule has 0 aliphatic rings. The van der Waals surface area contributed by atoms with E-state index in [9.17, 15) is 0 Å². The maximum Gasteiger partial charge on any atom is 0.0556 e. The molecule has 0 spiro atoms. The van der Waals surface area contributed by atoms with Crippen LogP contribution in [0.5, 0.6) is 0 Å². The summed E-state index contributed by atoms with van der Waals surface area (Å²) in [6, 6.07) is 15.0. The van der Waals surface area contributed by atoms with Crippen LogP contribution in [0.1, 0.15) is 19.4 Å². The van der Waals surface area contributed by atoms with Crippen molar-refractivity contribution in [1.82, 2.24) is 5.32 Å². The molecule has 0 heterocycles. The van der Waals surface area contributed by atoms with Crippen LogP contribution < -0.4 is 5.32 Å². The zero-order valence-electron chi connectivity index (χ0n) is 11.1. The van der Waals surface area contributed by atoms with Crippen LogP contribution in [-0.4, -0.2) is 23.8 Å². The molecular weight excluding hydrogens is 222 g/mol. The quantitative estimate of drug-likeness (QED) is 0.846. The summed E-state index contributed by atoms with van der Waals surface area (Å²) < 4.78 is 0.